The number of aryl methyl sites for hydroxylation is 1. The molecule has 0 atom stereocenters. The van der Waals surface area contributed by atoms with Gasteiger partial charge in [-0.1, -0.05) is 0 Å². The van der Waals surface area contributed by atoms with Crippen LogP contribution in [-0.4, -0.2) is 26.5 Å². The summed E-state index contributed by atoms with van der Waals surface area (Å²) in [5.74, 6) is -0.847. The molecule has 2 aromatic heterocycles. The maximum atomic E-state index is 13.8. The average Bonchev–Trinajstić information content (AvgIpc) is 3.25. The van der Waals surface area contributed by atoms with Crippen molar-refractivity contribution in [1.29, 1.82) is 0 Å². The van der Waals surface area contributed by atoms with Crippen LogP contribution in [0, 0.1) is 5.95 Å². The van der Waals surface area contributed by atoms with Crippen LogP contribution in [0.5, 0.6) is 0 Å². The van der Waals surface area contributed by atoms with Gasteiger partial charge < -0.3 is 4.57 Å². The van der Waals surface area contributed by atoms with Gasteiger partial charge in [0, 0.05) is 30.2 Å². The summed E-state index contributed by atoms with van der Waals surface area (Å²) >= 11 is 0. The summed E-state index contributed by atoms with van der Waals surface area (Å²) in [6.45, 7) is 2.22. The summed E-state index contributed by atoms with van der Waals surface area (Å²) < 4.78 is 16.9. The van der Waals surface area contributed by atoms with E-state index in [2.05, 4.69) is 15.6 Å². The van der Waals surface area contributed by atoms with Gasteiger partial charge in [-0.05, 0) is 43.3 Å². The maximum Gasteiger partial charge on any atom is 0.271 e. The summed E-state index contributed by atoms with van der Waals surface area (Å²) in [5, 5.41) is 7.64. The number of carbonyl (C=O) groups is 1. The highest BCUT2D eigenvalue weighted by Gasteiger charge is 2.07. The van der Waals surface area contributed by atoms with Gasteiger partial charge in [-0.2, -0.15) is 14.6 Å². The Labute approximate surface area is 138 Å². The third-order valence-corrected chi connectivity index (χ3v) is 3.50. The van der Waals surface area contributed by atoms with Crippen LogP contribution in [0.25, 0.3) is 5.69 Å². The molecule has 2 heterocycles. The molecule has 0 aliphatic carbocycles. The van der Waals surface area contributed by atoms with Crippen LogP contribution in [0.15, 0.2) is 60.1 Å². The first-order valence-corrected chi connectivity index (χ1v) is 7.47. The van der Waals surface area contributed by atoms with Gasteiger partial charge in [-0.15, -0.1) is 0 Å². The Kier molecular flexibility index (Phi) is 4.51. The van der Waals surface area contributed by atoms with E-state index in [1.165, 1.54) is 17.1 Å². The summed E-state index contributed by atoms with van der Waals surface area (Å²) in [6, 6.07) is 10.9. The molecule has 0 spiro atoms. The first kappa shape index (κ1) is 15.7. The second kappa shape index (κ2) is 6.91. The van der Waals surface area contributed by atoms with Gasteiger partial charge in [-0.3, -0.25) is 4.79 Å². The summed E-state index contributed by atoms with van der Waals surface area (Å²) in [7, 11) is 0. The lowest BCUT2D eigenvalue weighted by atomic mass is 10.2. The van der Waals surface area contributed by atoms with E-state index in [4.69, 9.17) is 0 Å². The van der Waals surface area contributed by atoms with Gasteiger partial charge in [0.15, 0.2) is 0 Å². The predicted octanol–water partition coefficient (Wildman–Crippen LogP) is 2.60. The second-order valence-electron chi connectivity index (χ2n) is 5.04. The molecule has 0 aliphatic heterocycles. The van der Waals surface area contributed by atoms with Crippen molar-refractivity contribution in [1.82, 2.24) is 19.8 Å². The number of aromatic nitrogens is 3. The first-order valence-electron chi connectivity index (χ1n) is 7.47. The normalized spacial score (nSPS) is 11.1. The van der Waals surface area contributed by atoms with Crippen LogP contribution < -0.4 is 5.43 Å². The van der Waals surface area contributed by atoms with Gasteiger partial charge in [0.2, 0.25) is 5.95 Å². The molecule has 1 aromatic carbocycles. The van der Waals surface area contributed by atoms with E-state index in [-0.39, 0.29) is 11.5 Å². The van der Waals surface area contributed by atoms with E-state index in [9.17, 15) is 9.18 Å². The zero-order valence-corrected chi connectivity index (χ0v) is 13.1. The van der Waals surface area contributed by atoms with E-state index in [1.54, 1.807) is 19.1 Å². The van der Waals surface area contributed by atoms with Crippen LogP contribution in [-0.2, 0) is 6.54 Å². The minimum absolute atomic E-state index is 0.222. The fourth-order valence-electron chi connectivity index (χ4n) is 2.21. The number of hydrogen-bond acceptors (Lipinski definition) is 3. The smallest absolute Gasteiger partial charge is 0.271 e. The molecular formula is C17H16FN5O. The lowest BCUT2D eigenvalue weighted by Crippen LogP contribution is -2.17. The molecule has 1 N–H and O–H groups in total. The Morgan fingerprint density at radius 1 is 1.29 bits per heavy atom. The number of benzene rings is 1. The lowest BCUT2D eigenvalue weighted by molar-refractivity contribution is 0.0955. The monoisotopic (exact) mass is 325 g/mol. The number of nitrogens with zero attached hydrogens (tertiary/aromatic N) is 4. The topological polar surface area (TPSA) is 64.2 Å². The van der Waals surface area contributed by atoms with Crippen LogP contribution in [0.2, 0.25) is 0 Å². The molecule has 122 valence electrons. The molecule has 1 amide bonds. The average molecular weight is 325 g/mol. The SMILES string of the molecule is CCn1ncc(C=NNC(=O)c2ccc(-n3cccc3)cc2)c1F. The van der Waals surface area contributed by atoms with Crippen LogP contribution >= 0.6 is 0 Å². The van der Waals surface area contributed by atoms with Crippen molar-refractivity contribution < 1.29 is 9.18 Å². The molecule has 0 aliphatic rings. The molecule has 0 unspecified atom stereocenters. The third kappa shape index (κ3) is 3.24. The molecule has 24 heavy (non-hydrogen) atoms. The molecule has 0 radical (unpaired) electrons. The maximum absolute atomic E-state index is 13.8. The van der Waals surface area contributed by atoms with Crippen LogP contribution in [0.1, 0.15) is 22.8 Å². The molecule has 3 rings (SSSR count). The van der Waals surface area contributed by atoms with Crippen molar-refractivity contribution in [2.24, 2.45) is 5.10 Å². The highest BCUT2D eigenvalue weighted by molar-refractivity contribution is 5.95. The van der Waals surface area contributed by atoms with E-state index in [0.717, 1.165) is 5.69 Å². The van der Waals surface area contributed by atoms with Crippen molar-refractivity contribution in [3.05, 3.63) is 72.1 Å². The summed E-state index contributed by atoms with van der Waals surface area (Å²) in [4.78, 5) is 12.0. The molecule has 0 bridgehead atoms. The first-order chi connectivity index (χ1) is 11.7. The van der Waals surface area contributed by atoms with Crippen molar-refractivity contribution in [3.8, 4) is 5.69 Å². The minimum atomic E-state index is -0.480. The highest BCUT2D eigenvalue weighted by Crippen LogP contribution is 2.10. The number of rotatable bonds is 5. The molecule has 0 saturated heterocycles. The molecule has 6 nitrogen and oxygen atoms in total. The molecule has 0 fully saturated rings. The number of hydrogen-bond donors (Lipinski definition) is 1. The Bertz CT molecular complexity index is 850. The Morgan fingerprint density at radius 3 is 2.62 bits per heavy atom. The number of halogens is 1. The predicted molar refractivity (Wildman–Crippen MR) is 88.7 cm³/mol. The van der Waals surface area contributed by atoms with Gasteiger partial charge in [-0.25, -0.2) is 10.1 Å². The van der Waals surface area contributed by atoms with Gasteiger partial charge in [0.25, 0.3) is 5.91 Å². The van der Waals surface area contributed by atoms with E-state index < -0.39 is 5.95 Å². The quantitative estimate of drug-likeness (QED) is 0.579. The minimum Gasteiger partial charge on any atom is -0.324 e. The number of amides is 1. The number of carbonyl (C=O) groups excluding carboxylic acids is 1. The van der Waals surface area contributed by atoms with E-state index >= 15 is 0 Å². The van der Waals surface area contributed by atoms with Crippen LogP contribution in [0.3, 0.4) is 0 Å². The van der Waals surface area contributed by atoms with E-state index in [1.807, 2.05) is 41.2 Å². The van der Waals surface area contributed by atoms with Gasteiger partial charge >= 0.3 is 0 Å². The van der Waals surface area contributed by atoms with Crippen molar-refractivity contribution >= 4 is 12.1 Å². The van der Waals surface area contributed by atoms with Crippen molar-refractivity contribution in [2.75, 3.05) is 0 Å². The second-order valence-corrected chi connectivity index (χ2v) is 5.04. The Balaban J connectivity index is 1.64. The lowest BCUT2D eigenvalue weighted by Gasteiger charge is -2.04. The van der Waals surface area contributed by atoms with Gasteiger partial charge in [0.05, 0.1) is 18.0 Å². The summed E-state index contributed by atoms with van der Waals surface area (Å²) in [5.41, 5.74) is 4.02. The Morgan fingerprint density at radius 2 is 2.00 bits per heavy atom. The number of nitrogens with one attached hydrogen (secondary N) is 1. The van der Waals surface area contributed by atoms with Crippen molar-refractivity contribution in [3.63, 3.8) is 0 Å². The zero-order chi connectivity index (χ0) is 16.9. The highest BCUT2D eigenvalue weighted by atomic mass is 19.1. The fourth-order valence-corrected chi connectivity index (χ4v) is 2.21. The van der Waals surface area contributed by atoms with Crippen molar-refractivity contribution in [2.45, 2.75) is 13.5 Å². The molecular weight excluding hydrogens is 309 g/mol. The zero-order valence-electron chi connectivity index (χ0n) is 13.1. The summed E-state index contributed by atoms with van der Waals surface area (Å²) in [6.07, 6.45) is 6.44. The van der Waals surface area contributed by atoms with Crippen LogP contribution in [0.4, 0.5) is 4.39 Å². The molecule has 3 aromatic rings. The largest absolute Gasteiger partial charge is 0.324 e. The van der Waals surface area contributed by atoms with Gasteiger partial charge in [0.1, 0.15) is 0 Å². The molecule has 0 saturated carbocycles. The standard InChI is InChI=1S/C17H16FN5O/c1-2-23-16(18)14(12-20-23)11-19-21-17(24)13-5-7-15(8-6-13)22-9-3-4-10-22/h3-12H,2H2,1H3,(H,21,24). The fraction of sp³-hybridized carbons (Fsp3) is 0.118. The third-order valence-electron chi connectivity index (χ3n) is 3.50. The Hall–Kier alpha value is -3.22. The number of hydrazone groups is 1. The molecule has 7 heteroatoms. The van der Waals surface area contributed by atoms with E-state index in [0.29, 0.717) is 12.1 Å².